The van der Waals surface area contributed by atoms with Gasteiger partial charge in [0.2, 0.25) is 0 Å². The van der Waals surface area contributed by atoms with Gasteiger partial charge in [-0.1, -0.05) is 0 Å². The molecule has 0 bridgehead atoms. The molecule has 0 aliphatic carbocycles. The van der Waals surface area contributed by atoms with Gasteiger partial charge < -0.3 is 15.4 Å². The molecule has 142 valence electrons. The summed E-state index contributed by atoms with van der Waals surface area (Å²) in [6.45, 7) is 2.48. The van der Waals surface area contributed by atoms with Crippen LogP contribution in [-0.4, -0.2) is 18.4 Å². The third kappa shape index (κ3) is 4.94. The van der Waals surface area contributed by atoms with E-state index in [2.05, 4.69) is 10.6 Å². The van der Waals surface area contributed by atoms with Crippen molar-refractivity contribution < 1.29 is 18.7 Å². The monoisotopic (exact) mass is 378 g/mol. The van der Waals surface area contributed by atoms with Gasteiger partial charge in [0.05, 0.1) is 6.61 Å². The van der Waals surface area contributed by atoms with E-state index in [-0.39, 0.29) is 17.6 Å². The zero-order chi connectivity index (χ0) is 19.9. The van der Waals surface area contributed by atoms with E-state index in [1.54, 1.807) is 48.5 Å². The van der Waals surface area contributed by atoms with Crippen LogP contribution in [0, 0.1) is 5.82 Å². The fraction of sp³-hybridized carbons (Fsp3) is 0.0909. The van der Waals surface area contributed by atoms with Gasteiger partial charge in [0, 0.05) is 22.5 Å². The number of ether oxygens (including phenoxy) is 1. The predicted octanol–water partition coefficient (Wildman–Crippen LogP) is 4.73. The van der Waals surface area contributed by atoms with Crippen molar-refractivity contribution in [1.29, 1.82) is 0 Å². The molecule has 0 unspecified atom stereocenters. The molecule has 0 fully saturated rings. The second-order valence-corrected chi connectivity index (χ2v) is 5.95. The maximum absolute atomic E-state index is 12.9. The minimum Gasteiger partial charge on any atom is -0.494 e. The molecule has 0 radical (unpaired) electrons. The number of carbonyl (C=O) groups excluding carboxylic acids is 2. The molecule has 0 spiro atoms. The summed E-state index contributed by atoms with van der Waals surface area (Å²) in [5.41, 5.74) is 1.95. The zero-order valence-electron chi connectivity index (χ0n) is 15.2. The molecule has 0 atom stereocenters. The first-order valence-corrected chi connectivity index (χ1v) is 8.76. The molecule has 0 aliphatic rings. The van der Waals surface area contributed by atoms with Crippen molar-refractivity contribution in [3.63, 3.8) is 0 Å². The highest BCUT2D eigenvalue weighted by molar-refractivity contribution is 6.07. The summed E-state index contributed by atoms with van der Waals surface area (Å²) >= 11 is 0. The molecule has 3 aromatic rings. The molecule has 6 heteroatoms. The summed E-state index contributed by atoms with van der Waals surface area (Å²) in [4.78, 5) is 24.6. The van der Waals surface area contributed by atoms with Crippen LogP contribution in [0.3, 0.4) is 0 Å². The Labute approximate surface area is 162 Å². The van der Waals surface area contributed by atoms with E-state index in [0.29, 0.717) is 29.1 Å². The first-order chi connectivity index (χ1) is 13.5. The SMILES string of the molecule is CCOc1ccc(NC(=O)c2ccc(C(=O)Nc3ccc(F)cc3)cc2)cc1. The minimum absolute atomic E-state index is 0.283. The van der Waals surface area contributed by atoms with Crippen LogP contribution in [0.5, 0.6) is 5.75 Å². The average Bonchev–Trinajstić information content (AvgIpc) is 2.71. The van der Waals surface area contributed by atoms with E-state index in [9.17, 15) is 14.0 Å². The highest BCUT2D eigenvalue weighted by Crippen LogP contribution is 2.17. The van der Waals surface area contributed by atoms with Crippen LogP contribution in [0.15, 0.2) is 72.8 Å². The van der Waals surface area contributed by atoms with Crippen LogP contribution in [-0.2, 0) is 0 Å². The topological polar surface area (TPSA) is 67.4 Å². The number of carbonyl (C=O) groups is 2. The van der Waals surface area contributed by atoms with Crippen molar-refractivity contribution in [3.8, 4) is 5.75 Å². The van der Waals surface area contributed by atoms with Crippen molar-refractivity contribution in [1.82, 2.24) is 0 Å². The first kappa shape index (κ1) is 19.1. The van der Waals surface area contributed by atoms with E-state index in [1.165, 1.54) is 24.3 Å². The van der Waals surface area contributed by atoms with Gasteiger partial charge in [-0.25, -0.2) is 4.39 Å². The van der Waals surface area contributed by atoms with Crippen molar-refractivity contribution in [2.24, 2.45) is 0 Å². The average molecular weight is 378 g/mol. The van der Waals surface area contributed by atoms with Crippen molar-refractivity contribution in [2.45, 2.75) is 6.92 Å². The van der Waals surface area contributed by atoms with Gasteiger partial charge in [-0.2, -0.15) is 0 Å². The van der Waals surface area contributed by atoms with Gasteiger partial charge in [0.1, 0.15) is 11.6 Å². The molecule has 3 rings (SSSR count). The lowest BCUT2D eigenvalue weighted by atomic mass is 10.1. The number of nitrogens with one attached hydrogen (secondary N) is 2. The van der Waals surface area contributed by atoms with Crippen molar-refractivity contribution >= 4 is 23.2 Å². The third-order valence-electron chi connectivity index (χ3n) is 3.93. The molecule has 2 amide bonds. The smallest absolute Gasteiger partial charge is 0.255 e. The Morgan fingerprint density at radius 3 is 1.61 bits per heavy atom. The van der Waals surface area contributed by atoms with Crippen LogP contribution in [0.2, 0.25) is 0 Å². The Morgan fingerprint density at radius 1 is 0.750 bits per heavy atom. The van der Waals surface area contributed by atoms with Gasteiger partial charge in [0.15, 0.2) is 0 Å². The quantitative estimate of drug-likeness (QED) is 0.652. The molecule has 0 saturated heterocycles. The fourth-order valence-electron chi connectivity index (χ4n) is 2.51. The number of rotatable bonds is 6. The Kier molecular flexibility index (Phi) is 6.01. The number of anilines is 2. The highest BCUT2D eigenvalue weighted by Gasteiger charge is 2.10. The summed E-state index contributed by atoms with van der Waals surface area (Å²) in [5, 5.41) is 5.46. The number of halogens is 1. The molecule has 0 saturated carbocycles. The van der Waals surface area contributed by atoms with Crippen LogP contribution in [0.1, 0.15) is 27.6 Å². The predicted molar refractivity (Wildman–Crippen MR) is 106 cm³/mol. The molecule has 5 nitrogen and oxygen atoms in total. The third-order valence-corrected chi connectivity index (χ3v) is 3.93. The van der Waals surface area contributed by atoms with Crippen LogP contribution >= 0.6 is 0 Å². The summed E-state index contributed by atoms with van der Waals surface area (Å²) < 4.78 is 18.3. The van der Waals surface area contributed by atoms with Crippen molar-refractivity contribution in [2.75, 3.05) is 17.2 Å². The molecule has 28 heavy (non-hydrogen) atoms. The van der Waals surface area contributed by atoms with Gasteiger partial charge >= 0.3 is 0 Å². The molecule has 0 aromatic heterocycles. The standard InChI is InChI=1S/C22H19FN2O3/c1-2-28-20-13-11-19(12-14-20)25-22(27)16-5-3-15(4-6-16)21(26)24-18-9-7-17(23)8-10-18/h3-14H,2H2,1H3,(H,24,26)(H,25,27). The van der Waals surface area contributed by atoms with E-state index >= 15 is 0 Å². The maximum Gasteiger partial charge on any atom is 0.255 e. The summed E-state index contributed by atoms with van der Waals surface area (Å²) in [5.74, 6) is -0.266. The lowest BCUT2D eigenvalue weighted by Crippen LogP contribution is -2.14. The number of benzene rings is 3. The number of hydrogen-bond acceptors (Lipinski definition) is 3. The fourth-order valence-corrected chi connectivity index (χ4v) is 2.51. The highest BCUT2D eigenvalue weighted by atomic mass is 19.1. The molecular weight excluding hydrogens is 359 g/mol. The zero-order valence-corrected chi connectivity index (χ0v) is 15.2. The molecule has 3 aromatic carbocycles. The van der Waals surface area contributed by atoms with E-state index < -0.39 is 0 Å². The van der Waals surface area contributed by atoms with Gasteiger partial charge in [-0.3, -0.25) is 9.59 Å². The molecule has 0 heterocycles. The normalized spacial score (nSPS) is 10.2. The number of amides is 2. The van der Waals surface area contributed by atoms with Gasteiger partial charge in [-0.05, 0) is 79.7 Å². The minimum atomic E-state index is -0.374. The van der Waals surface area contributed by atoms with Gasteiger partial charge in [-0.15, -0.1) is 0 Å². The number of hydrogen-bond donors (Lipinski definition) is 2. The van der Waals surface area contributed by atoms with E-state index in [4.69, 9.17) is 4.74 Å². The van der Waals surface area contributed by atoms with E-state index in [1.807, 2.05) is 6.92 Å². The second-order valence-electron chi connectivity index (χ2n) is 5.95. The maximum atomic E-state index is 12.9. The van der Waals surface area contributed by atoms with Crippen LogP contribution in [0.25, 0.3) is 0 Å². The largest absolute Gasteiger partial charge is 0.494 e. The van der Waals surface area contributed by atoms with E-state index in [0.717, 1.165) is 5.75 Å². The molecule has 2 N–H and O–H groups in total. The van der Waals surface area contributed by atoms with Crippen LogP contribution < -0.4 is 15.4 Å². The Hall–Kier alpha value is -3.67. The summed E-state index contributed by atoms with van der Waals surface area (Å²) in [6, 6.07) is 18.8. The summed E-state index contributed by atoms with van der Waals surface area (Å²) in [6.07, 6.45) is 0. The molecular formula is C22H19FN2O3. The van der Waals surface area contributed by atoms with Crippen LogP contribution in [0.4, 0.5) is 15.8 Å². The Balaban J connectivity index is 1.61. The van der Waals surface area contributed by atoms with Gasteiger partial charge in [0.25, 0.3) is 11.8 Å². The lowest BCUT2D eigenvalue weighted by molar-refractivity contribution is 0.101. The van der Waals surface area contributed by atoms with Crippen molar-refractivity contribution in [3.05, 3.63) is 89.7 Å². The Bertz CT molecular complexity index is 953. The Morgan fingerprint density at radius 2 is 1.18 bits per heavy atom. The second kappa shape index (κ2) is 8.81. The molecule has 0 aliphatic heterocycles. The lowest BCUT2D eigenvalue weighted by Gasteiger charge is -2.08. The first-order valence-electron chi connectivity index (χ1n) is 8.76. The summed E-state index contributed by atoms with van der Waals surface area (Å²) in [7, 11) is 0.